The summed E-state index contributed by atoms with van der Waals surface area (Å²) >= 11 is 0. The molecular weight excluding hydrogens is 298 g/mol. The molecule has 0 aliphatic rings. The second-order valence-electron chi connectivity index (χ2n) is 5.28. The Kier molecular flexibility index (Phi) is 4.64. The van der Waals surface area contributed by atoms with Crippen molar-refractivity contribution < 1.29 is 4.79 Å². The predicted molar refractivity (Wildman–Crippen MR) is 92.3 cm³/mol. The van der Waals surface area contributed by atoms with Crippen LogP contribution in [0.25, 0.3) is 0 Å². The van der Waals surface area contributed by atoms with Gasteiger partial charge < -0.3 is 4.90 Å². The Balaban J connectivity index is 1.97. The molecule has 0 spiro atoms. The first-order valence-corrected chi connectivity index (χ1v) is 7.54. The van der Waals surface area contributed by atoms with Gasteiger partial charge in [0, 0.05) is 23.6 Å². The maximum Gasteiger partial charge on any atom is 0.258 e. The molecule has 0 saturated heterocycles. The molecule has 0 saturated carbocycles. The van der Waals surface area contributed by atoms with E-state index in [-0.39, 0.29) is 5.91 Å². The first-order chi connectivity index (χ1) is 11.8. The molecule has 116 valence electrons. The van der Waals surface area contributed by atoms with Gasteiger partial charge in [0.1, 0.15) is 0 Å². The van der Waals surface area contributed by atoms with E-state index in [4.69, 9.17) is 5.26 Å². The number of nitrogens with zero attached hydrogens (tertiary/aromatic N) is 3. The van der Waals surface area contributed by atoms with Gasteiger partial charge >= 0.3 is 0 Å². The van der Waals surface area contributed by atoms with Crippen molar-refractivity contribution in [2.24, 2.45) is 0 Å². The minimum Gasteiger partial charge on any atom is -0.304 e. The van der Waals surface area contributed by atoms with Crippen LogP contribution in [0, 0.1) is 11.3 Å². The summed E-state index contributed by atoms with van der Waals surface area (Å²) in [5, 5.41) is 9.05. The molecule has 0 aliphatic heterocycles. The highest BCUT2D eigenvalue weighted by Gasteiger charge is 2.18. The molecule has 1 heterocycles. The van der Waals surface area contributed by atoms with E-state index in [1.807, 2.05) is 42.5 Å². The molecule has 0 radical (unpaired) electrons. The van der Waals surface area contributed by atoms with E-state index in [0.717, 1.165) is 11.3 Å². The zero-order valence-corrected chi connectivity index (χ0v) is 13.0. The second kappa shape index (κ2) is 7.21. The van der Waals surface area contributed by atoms with Crippen LogP contribution in [0.3, 0.4) is 0 Å². The summed E-state index contributed by atoms with van der Waals surface area (Å²) in [5.74, 6) is -0.151. The molecule has 3 rings (SSSR count). The molecule has 1 amide bonds. The summed E-state index contributed by atoms with van der Waals surface area (Å²) in [5.41, 5.74) is 2.69. The van der Waals surface area contributed by atoms with E-state index in [0.29, 0.717) is 17.7 Å². The quantitative estimate of drug-likeness (QED) is 0.736. The summed E-state index contributed by atoms with van der Waals surface area (Å²) in [7, 11) is 0. The first kappa shape index (κ1) is 15.4. The van der Waals surface area contributed by atoms with Gasteiger partial charge in [-0.3, -0.25) is 9.78 Å². The van der Waals surface area contributed by atoms with Gasteiger partial charge in [0.05, 0.1) is 18.2 Å². The van der Waals surface area contributed by atoms with Crippen LogP contribution in [-0.2, 0) is 6.54 Å². The van der Waals surface area contributed by atoms with E-state index in [1.54, 1.807) is 41.6 Å². The van der Waals surface area contributed by atoms with E-state index in [1.165, 1.54) is 0 Å². The standard InChI is InChI=1S/C20H15N3O/c21-13-16-6-4-8-18(12-16)20(24)23(19-9-2-1-3-10-19)15-17-7-5-11-22-14-17/h1-12,14H,15H2. The van der Waals surface area contributed by atoms with Gasteiger partial charge in [0.25, 0.3) is 5.91 Å². The van der Waals surface area contributed by atoms with Gasteiger partial charge in [0.2, 0.25) is 0 Å². The van der Waals surface area contributed by atoms with Crippen molar-refractivity contribution in [2.45, 2.75) is 6.54 Å². The Bertz CT molecular complexity index is 870. The fraction of sp³-hybridized carbons (Fsp3) is 0.0500. The van der Waals surface area contributed by atoms with Gasteiger partial charge in [0.15, 0.2) is 0 Å². The molecule has 4 nitrogen and oxygen atoms in total. The number of hydrogen-bond acceptors (Lipinski definition) is 3. The van der Waals surface area contributed by atoms with E-state index in [9.17, 15) is 4.79 Å². The Morgan fingerprint density at radius 1 is 1.04 bits per heavy atom. The highest BCUT2D eigenvalue weighted by atomic mass is 16.2. The second-order valence-corrected chi connectivity index (χ2v) is 5.28. The number of amides is 1. The highest BCUT2D eigenvalue weighted by molar-refractivity contribution is 6.06. The van der Waals surface area contributed by atoms with E-state index >= 15 is 0 Å². The lowest BCUT2D eigenvalue weighted by molar-refractivity contribution is 0.0985. The minimum atomic E-state index is -0.151. The van der Waals surface area contributed by atoms with Crippen molar-refractivity contribution in [3.05, 3.63) is 95.8 Å². The molecular formula is C20H15N3O. The lowest BCUT2D eigenvalue weighted by Gasteiger charge is -2.23. The lowest BCUT2D eigenvalue weighted by Crippen LogP contribution is -2.30. The Morgan fingerprint density at radius 3 is 2.58 bits per heavy atom. The zero-order chi connectivity index (χ0) is 16.8. The third-order valence-electron chi connectivity index (χ3n) is 3.62. The van der Waals surface area contributed by atoms with Crippen LogP contribution in [-0.4, -0.2) is 10.9 Å². The monoisotopic (exact) mass is 313 g/mol. The van der Waals surface area contributed by atoms with Gasteiger partial charge in [-0.05, 0) is 42.0 Å². The molecule has 0 aliphatic carbocycles. The number of carbonyl (C=O) groups is 1. The van der Waals surface area contributed by atoms with E-state index < -0.39 is 0 Å². The van der Waals surface area contributed by atoms with Crippen molar-refractivity contribution in [1.82, 2.24) is 4.98 Å². The molecule has 2 aromatic carbocycles. The highest BCUT2D eigenvalue weighted by Crippen LogP contribution is 2.20. The smallest absolute Gasteiger partial charge is 0.258 e. The van der Waals surface area contributed by atoms with Gasteiger partial charge in [-0.2, -0.15) is 5.26 Å². The number of anilines is 1. The SMILES string of the molecule is N#Cc1cccc(C(=O)N(Cc2cccnc2)c2ccccc2)c1. The normalized spacial score (nSPS) is 9.96. The maximum atomic E-state index is 13.0. The molecule has 4 heteroatoms. The summed E-state index contributed by atoms with van der Waals surface area (Å²) in [6, 6.07) is 22.1. The van der Waals surface area contributed by atoms with Crippen LogP contribution in [0.5, 0.6) is 0 Å². The largest absolute Gasteiger partial charge is 0.304 e. The number of nitriles is 1. The topological polar surface area (TPSA) is 57.0 Å². The van der Waals surface area contributed by atoms with Crippen LogP contribution in [0.15, 0.2) is 79.1 Å². The Hall–Kier alpha value is -3.45. The zero-order valence-electron chi connectivity index (χ0n) is 13.0. The van der Waals surface area contributed by atoms with Gasteiger partial charge in [-0.1, -0.05) is 30.3 Å². The number of hydrogen-bond donors (Lipinski definition) is 0. The lowest BCUT2D eigenvalue weighted by atomic mass is 10.1. The van der Waals surface area contributed by atoms with Crippen LogP contribution >= 0.6 is 0 Å². The molecule has 0 atom stereocenters. The number of rotatable bonds is 4. The molecule has 3 aromatic rings. The fourth-order valence-electron chi connectivity index (χ4n) is 2.44. The fourth-order valence-corrected chi connectivity index (χ4v) is 2.44. The van der Waals surface area contributed by atoms with Crippen LogP contribution in [0.2, 0.25) is 0 Å². The van der Waals surface area contributed by atoms with Crippen LogP contribution in [0.4, 0.5) is 5.69 Å². The third-order valence-corrected chi connectivity index (χ3v) is 3.62. The molecule has 0 fully saturated rings. The summed E-state index contributed by atoms with van der Waals surface area (Å²) in [6.07, 6.45) is 3.45. The number of carbonyl (C=O) groups excluding carboxylic acids is 1. The van der Waals surface area contributed by atoms with Crippen molar-refractivity contribution in [3.8, 4) is 6.07 Å². The number of pyridine rings is 1. The summed E-state index contributed by atoms with van der Waals surface area (Å²) in [4.78, 5) is 18.8. The summed E-state index contributed by atoms with van der Waals surface area (Å²) in [6.45, 7) is 0.410. The molecule has 24 heavy (non-hydrogen) atoms. The maximum absolute atomic E-state index is 13.0. The van der Waals surface area contributed by atoms with Crippen molar-refractivity contribution in [3.63, 3.8) is 0 Å². The number of benzene rings is 2. The average molecular weight is 313 g/mol. The van der Waals surface area contributed by atoms with Crippen molar-refractivity contribution >= 4 is 11.6 Å². The molecule has 0 unspecified atom stereocenters. The first-order valence-electron chi connectivity index (χ1n) is 7.54. The Morgan fingerprint density at radius 2 is 1.88 bits per heavy atom. The summed E-state index contributed by atoms with van der Waals surface area (Å²) < 4.78 is 0. The average Bonchev–Trinajstić information content (AvgIpc) is 2.67. The predicted octanol–water partition coefficient (Wildman–Crippen LogP) is 3.80. The number of aromatic nitrogens is 1. The number of para-hydroxylation sites is 1. The van der Waals surface area contributed by atoms with E-state index in [2.05, 4.69) is 11.1 Å². The molecule has 0 bridgehead atoms. The van der Waals surface area contributed by atoms with Gasteiger partial charge in [-0.15, -0.1) is 0 Å². The Labute approximate surface area is 140 Å². The van der Waals surface area contributed by atoms with Crippen molar-refractivity contribution in [1.29, 1.82) is 5.26 Å². The van der Waals surface area contributed by atoms with Crippen LogP contribution in [0.1, 0.15) is 21.5 Å². The van der Waals surface area contributed by atoms with Gasteiger partial charge in [-0.25, -0.2) is 0 Å². The molecule has 0 N–H and O–H groups in total. The van der Waals surface area contributed by atoms with Crippen molar-refractivity contribution in [2.75, 3.05) is 4.90 Å². The van der Waals surface area contributed by atoms with Crippen LogP contribution < -0.4 is 4.90 Å². The minimum absolute atomic E-state index is 0.151. The third kappa shape index (κ3) is 3.47. The molecule has 1 aromatic heterocycles.